The molecule has 0 radical (unpaired) electrons. The first-order valence-electron chi connectivity index (χ1n) is 9.34. The number of likely N-dealkylation sites (N-methyl/N-ethyl adjacent to an activating group) is 1. The lowest BCUT2D eigenvalue weighted by Gasteiger charge is -2.35. The van der Waals surface area contributed by atoms with E-state index >= 15 is 0 Å². The maximum atomic E-state index is 5.76. The van der Waals surface area contributed by atoms with Gasteiger partial charge in [0.2, 0.25) is 0 Å². The second-order valence-corrected chi connectivity index (χ2v) is 7.50. The molecule has 4 rings (SSSR count). The van der Waals surface area contributed by atoms with E-state index in [0.717, 1.165) is 63.9 Å². The molecule has 136 valence electrons. The predicted octanol–water partition coefficient (Wildman–Crippen LogP) is 2.11. The molecule has 2 aliphatic rings. The molecule has 0 aliphatic carbocycles. The Morgan fingerprint density at radius 3 is 2.60 bits per heavy atom. The number of piperazine rings is 1. The van der Waals surface area contributed by atoms with Crippen LogP contribution in [0.5, 0.6) is 0 Å². The number of furan rings is 1. The van der Waals surface area contributed by atoms with Crippen LogP contribution >= 0.6 is 0 Å². The average Bonchev–Trinajstić information content (AvgIpc) is 3.19. The van der Waals surface area contributed by atoms with Crippen LogP contribution < -0.4 is 0 Å². The highest BCUT2D eigenvalue weighted by molar-refractivity contribution is 5.12. The van der Waals surface area contributed by atoms with Crippen LogP contribution in [0.15, 0.2) is 22.7 Å². The summed E-state index contributed by atoms with van der Waals surface area (Å²) in [4.78, 5) is 12.2. The Morgan fingerprint density at radius 2 is 1.88 bits per heavy atom. The highest BCUT2D eigenvalue weighted by atomic mass is 16.3. The minimum atomic E-state index is 0.320. The molecule has 1 atom stereocenters. The molecule has 0 unspecified atom stereocenters. The molecule has 2 aromatic heterocycles. The number of fused-ring (bicyclic) bond motifs is 1. The van der Waals surface area contributed by atoms with Gasteiger partial charge in [-0.1, -0.05) is 0 Å². The number of hydrogen-bond donors (Lipinski definition) is 0. The molecule has 1 fully saturated rings. The Bertz CT molecular complexity index is 713. The molecule has 6 nitrogen and oxygen atoms in total. The summed E-state index contributed by atoms with van der Waals surface area (Å²) in [6.07, 6.45) is 2.09. The van der Waals surface area contributed by atoms with Gasteiger partial charge < -0.3 is 13.9 Å². The van der Waals surface area contributed by atoms with Crippen molar-refractivity contribution in [2.75, 3.05) is 39.8 Å². The van der Waals surface area contributed by atoms with Crippen LogP contribution in [0, 0.1) is 6.92 Å². The van der Waals surface area contributed by atoms with Crippen LogP contribution in [0.2, 0.25) is 0 Å². The summed E-state index contributed by atoms with van der Waals surface area (Å²) in [5.41, 5.74) is 1.36. The maximum absolute atomic E-state index is 5.76. The fourth-order valence-corrected chi connectivity index (χ4v) is 3.95. The van der Waals surface area contributed by atoms with Gasteiger partial charge in [0.05, 0.1) is 18.3 Å². The predicted molar refractivity (Wildman–Crippen MR) is 97.3 cm³/mol. The normalized spacial score (nSPS) is 23.1. The number of aryl methyl sites for hydroxylation is 1. The minimum absolute atomic E-state index is 0.320. The molecule has 4 heterocycles. The van der Waals surface area contributed by atoms with E-state index in [-0.39, 0.29) is 0 Å². The van der Waals surface area contributed by atoms with E-state index in [1.807, 2.05) is 13.0 Å². The Labute approximate surface area is 150 Å². The first-order valence-corrected chi connectivity index (χ1v) is 9.34. The largest absolute Gasteiger partial charge is 0.465 e. The molecule has 2 aromatic rings. The molecule has 0 spiro atoms. The summed E-state index contributed by atoms with van der Waals surface area (Å²) < 4.78 is 8.19. The zero-order valence-electron chi connectivity index (χ0n) is 15.6. The molecule has 0 N–H and O–H groups in total. The molecule has 6 heteroatoms. The van der Waals surface area contributed by atoms with E-state index in [2.05, 4.69) is 45.5 Å². The molecule has 0 aromatic carbocycles. The molecule has 2 aliphatic heterocycles. The number of nitrogens with zero attached hydrogens (tertiary/aromatic N) is 5. The highest BCUT2D eigenvalue weighted by Gasteiger charge is 2.28. The van der Waals surface area contributed by atoms with Gasteiger partial charge in [0, 0.05) is 52.0 Å². The SMILES string of the molecule is Cc1ccc(CN2CCn3c(CN4CCN(C)CC4)cnc3[C@@H]2C)o1. The van der Waals surface area contributed by atoms with Gasteiger partial charge in [-0.15, -0.1) is 0 Å². The lowest BCUT2D eigenvalue weighted by atomic mass is 10.2. The Balaban J connectivity index is 1.43. The molecule has 0 saturated carbocycles. The van der Waals surface area contributed by atoms with Crippen LogP contribution in [0.1, 0.15) is 36.0 Å². The van der Waals surface area contributed by atoms with Crippen molar-refractivity contribution in [1.29, 1.82) is 0 Å². The van der Waals surface area contributed by atoms with Crippen molar-refractivity contribution in [3.63, 3.8) is 0 Å². The third-order valence-electron chi connectivity index (χ3n) is 5.64. The van der Waals surface area contributed by atoms with Crippen molar-refractivity contribution in [3.05, 3.63) is 41.4 Å². The van der Waals surface area contributed by atoms with Crippen molar-refractivity contribution < 1.29 is 4.42 Å². The summed E-state index contributed by atoms with van der Waals surface area (Å²) >= 11 is 0. The first-order chi connectivity index (χ1) is 12.1. The standard InChI is InChI=1S/C19H29N5O/c1-15-4-5-18(25-15)14-23-10-11-24-17(12-20-19(24)16(23)2)13-22-8-6-21(3)7-9-22/h4-5,12,16H,6-11,13-14H2,1-3H3/t16-/m0/s1. The van der Waals surface area contributed by atoms with E-state index in [0.29, 0.717) is 6.04 Å². The third kappa shape index (κ3) is 3.52. The van der Waals surface area contributed by atoms with Gasteiger partial charge in [-0.3, -0.25) is 9.80 Å². The third-order valence-corrected chi connectivity index (χ3v) is 5.64. The molecule has 0 amide bonds. The maximum Gasteiger partial charge on any atom is 0.126 e. The zero-order valence-corrected chi connectivity index (χ0v) is 15.6. The average molecular weight is 343 g/mol. The van der Waals surface area contributed by atoms with Crippen LogP contribution in [0.25, 0.3) is 0 Å². The Morgan fingerprint density at radius 1 is 1.08 bits per heavy atom. The molecule has 1 saturated heterocycles. The highest BCUT2D eigenvalue weighted by Crippen LogP contribution is 2.27. The number of hydrogen-bond acceptors (Lipinski definition) is 5. The molecular formula is C19H29N5O. The van der Waals surface area contributed by atoms with E-state index in [1.54, 1.807) is 0 Å². The Kier molecular flexibility index (Phi) is 4.67. The number of rotatable bonds is 4. The van der Waals surface area contributed by atoms with Gasteiger partial charge in [0.15, 0.2) is 0 Å². The fourth-order valence-electron chi connectivity index (χ4n) is 3.95. The second-order valence-electron chi connectivity index (χ2n) is 7.50. The van der Waals surface area contributed by atoms with E-state index in [9.17, 15) is 0 Å². The smallest absolute Gasteiger partial charge is 0.126 e. The lowest BCUT2D eigenvalue weighted by Crippen LogP contribution is -2.44. The summed E-state index contributed by atoms with van der Waals surface area (Å²) in [5.74, 6) is 3.22. The van der Waals surface area contributed by atoms with E-state index in [1.165, 1.54) is 11.5 Å². The van der Waals surface area contributed by atoms with Gasteiger partial charge in [-0.25, -0.2) is 4.98 Å². The number of aromatic nitrogens is 2. The quantitative estimate of drug-likeness (QED) is 0.850. The summed E-state index contributed by atoms with van der Waals surface area (Å²) in [6.45, 7) is 12.8. The van der Waals surface area contributed by atoms with Gasteiger partial charge in [0.25, 0.3) is 0 Å². The molecular weight excluding hydrogens is 314 g/mol. The molecule has 25 heavy (non-hydrogen) atoms. The summed E-state index contributed by atoms with van der Waals surface area (Å²) in [6, 6.07) is 4.45. The lowest BCUT2D eigenvalue weighted by molar-refractivity contribution is 0.132. The zero-order chi connectivity index (χ0) is 17.4. The Hall–Kier alpha value is -1.63. The van der Waals surface area contributed by atoms with Crippen molar-refractivity contribution in [2.24, 2.45) is 0 Å². The van der Waals surface area contributed by atoms with Crippen molar-refractivity contribution >= 4 is 0 Å². The van der Waals surface area contributed by atoms with Gasteiger partial charge in [-0.05, 0) is 33.0 Å². The van der Waals surface area contributed by atoms with Crippen molar-refractivity contribution in [3.8, 4) is 0 Å². The van der Waals surface area contributed by atoms with Crippen molar-refractivity contribution in [1.82, 2.24) is 24.3 Å². The monoisotopic (exact) mass is 343 g/mol. The van der Waals surface area contributed by atoms with Gasteiger partial charge in [0.1, 0.15) is 17.3 Å². The molecule has 0 bridgehead atoms. The van der Waals surface area contributed by atoms with Crippen LogP contribution in [-0.2, 0) is 19.6 Å². The second kappa shape index (κ2) is 6.94. The summed E-state index contributed by atoms with van der Waals surface area (Å²) in [7, 11) is 2.20. The van der Waals surface area contributed by atoms with Crippen molar-refractivity contribution in [2.45, 2.75) is 39.5 Å². The van der Waals surface area contributed by atoms with Crippen LogP contribution in [0.3, 0.4) is 0 Å². The minimum Gasteiger partial charge on any atom is -0.465 e. The fraction of sp³-hybridized carbons (Fsp3) is 0.632. The van der Waals surface area contributed by atoms with Gasteiger partial charge in [-0.2, -0.15) is 0 Å². The van der Waals surface area contributed by atoms with E-state index < -0.39 is 0 Å². The summed E-state index contributed by atoms with van der Waals surface area (Å²) in [5, 5.41) is 0. The first kappa shape index (κ1) is 16.8. The topological polar surface area (TPSA) is 40.7 Å². The van der Waals surface area contributed by atoms with Gasteiger partial charge >= 0.3 is 0 Å². The number of imidazole rings is 1. The van der Waals surface area contributed by atoms with E-state index in [4.69, 9.17) is 9.40 Å². The van der Waals surface area contributed by atoms with Crippen LogP contribution in [0.4, 0.5) is 0 Å². The van der Waals surface area contributed by atoms with Crippen LogP contribution in [-0.4, -0.2) is 64.0 Å².